The van der Waals surface area contributed by atoms with Gasteiger partial charge in [0.1, 0.15) is 17.7 Å². The topological polar surface area (TPSA) is 32.8 Å². The Morgan fingerprint density at radius 2 is 1.16 bits per heavy atom. The lowest BCUT2D eigenvalue weighted by Gasteiger charge is -2.46. The number of ether oxygens (including phenoxy) is 1. The number of nitrogens with zero attached hydrogens (tertiary/aromatic N) is 2. The third-order valence-corrected chi connectivity index (χ3v) is 6.59. The van der Waals surface area contributed by atoms with Crippen molar-refractivity contribution in [1.29, 1.82) is 0 Å². The highest BCUT2D eigenvalue weighted by Gasteiger charge is 2.39. The lowest BCUT2D eigenvalue weighted by molar-refractivity contribution is 0.0968. The van der Waals surface area contributed by atoms with Crippen molar-refractivity contribution < 1.29 is 9.53 Å². The number of anilines is 2. The van der Waals surface area contributed by atoms with Crippen LogP contribution in [-0.4, -0.2) is 5.91 Å². The van der Waals surface area contributed by atoms with Crippen molar-refractivity contribution in [2.24, 2.45) is 0 Å². The molecule has 0 saturated heterocycles. The van der Waals surface area contributed by atoms with Crippen molar-refractivity contribution in [2.75, 3.05) is 9.80 Å². The van der Waals surface area contributed by atoms with Crippen molar-refractivity contribution in [3.05, 3.63) is 156 Å². The van der Waals surface area contributed by atoms with E-state index in [2.05, 4.69) is 41.3 Å². The quantitative estimate of drug-likeness (QED) is 0.247. The molecule has 0 aromatic heterocycles. The van der Waals surface area contributed by atoms with Crippen LogP contribution in [0.15, 0.2) is 140 Å². The van der Waals surface area contributed by atoms with Crippen LogP contribution in [0.5, 0.6) is 11.5 Å². The van der Waals surface area contributed by atoms with Crippen molar-refractivity contribution in [3.8, 4) is 11.5 Å². The van der Waals surface area contributed by atoms with Crippen LogP contribution in [-0.2, 0) is 6.54 Å². The molecule has 0 unspecified atom stereocenters. The van der Waals surface area contributed by atoms with E-state index in [9.17, 15) is 4.79 Å². The highest BCUT2D eigenvalue weighted by atomic mass is 16.5. The molecule has 1 aliphatic rings. The molecule has 0 fully saturated rings. The van der Waals surface area contributed by atoms with E-state index in [1.54, 1.807) is 0 Å². The van der Waals surface area contributed by atoms with Crippen LogP contribution in [0.25, 0.3) is 0 Å². The molecule has 180 valence electrons. The molecule has 6 rings (SSSR count). The molecule has 1 amide bonds. The van der Waals surface area contributed by atoms with E-state index in [0.29, 0.717) is 12.1 Å². The maximum atomic E-state index is 14.0. The average Bonchev–Trinajstić information content (AvgIpc) is 2.96. The molecule has 0 spiro atoms. The van der Waals surface area contributed by atoms with Crippen molar-refractivity contribution in [2.45, 2.75) is 12.7 Å². The van der Waals surface area contributed by atoms with Crippen molar-refractivity contribution >= 4 is 17.3 Å². The van der Waals surface area contributed by atoms with Crippen LogP contribution >= 0.6 is 0 Å². The van der Waals surface area contributed by atoms with E-state index in [-0.39, 0.29) is 12.1 Å². The van der Waals surface area contributed by atoms with Crippen LogP contribution in [0, 0.1) is 0 Å². The third kappa shape index (κ3) is 4.57. The molecule has 0 saturated carbocycles. The van der Waals surface area contributed by atoms with E-state index >= 15 is 0 Å². The van der Waals surface area contributed by atoms with Gasteiger partial charge in [0.2, 0.25) is 0 Å². The molecule has 4 nitrogen and oxygen atoms in total. The highest BCUT2D eigenvalue weighted by molar-refractivity contribution is 6.12. The Morgan fingerprint density at radius 1 is 0.595 bits per heavy atom. The minimum absolute atomic E-state index is 0.0132. The predicted octanol–water partition coefficient (Wildman–Crippen LogP) is 7.84. The Balaban J connectivity index is 1.46. The van der Waals surface area contributed by atoms with Crippen LogP contribution in [0.3, 0.4) is 0 Å². The summed E-state index contributed by atoms with van der Waals surface area (Å²) < 4.78 is 6.04. The summed E-state index contributed by atoms with van der Waals surface area (Å²) in [7, 11) is 0. The number of carbonyl (C=O) groups excluding carboxylic acids is 1. The maximum absolute atomic E-state index is 14.0. The van der Waals surface area contributed by atoms with E-state index in [0.717, 1.165) is 28.4 Å². The normalized spacial score (nSPS) is 14.8. The summed E-state index contributed by atoms with van der Waals surface area (Å²) in [5.41, 5.74) is 4.66. The number of carbonyl (C=O) groups is 1. The maximum Gasteiger partial charge on any atom is 0.262 e. The smallest absolute Gasteiger partial charge is 0.262 e. The fraction of sp³-hybridized carbons (Fsp3) is 0.0606. The minimum atomic E-state index is -0.337. The SMILES string of the molecule is O=C1c2ccccc2N(Cc2ccccc2)[C@@H](c2ccc(Oc3ccccc3)cc2)N1c1ccccc1. The van der Waals surface area contributed by atoms with Gasteiger partial charge in [-0.15, -0.1) is 0 Å². The number of benzene rings is 5. The van der Waals surface area contributed by atoms with Crippen LogP contribution < -0.4 is 14.5 Å². The van der Waals surface area contributed by atoms with Gasteiger partial charge in [0.05, 0.1) is 11.3 Å². The largest absolute Gasteiger partial charge is 0.457 e. The van der Waals surface area contributed by atoms with Crippen molar-refractivity contribution in [1.82, 2.24) is 0 Å². The number of fused-ring (bicyclic) bond motifs is 1. The predicted molar refractivity (Wildman–Crippen MR) is 148 cm³/mol. The third-order valence-electron chi connectivity index (χ3n) is 6.59. The molecule has 5 aromatic carbocycles. The van der Waals surface area contributed by atoms with Gasteiger partial charge in [-0.3, -0.25) is 9.69 Å². The number of amides is 1. The Labute approximate surface area is 217 Å². The van der Waals surface area contributed by atoms with Gasteiger partial charge in [-0.2, -0.15) is 0 Å². The Hall–Kier alpha value is -4.83. The molecule has 1 atom stereocenters. The van der Waals surface area contributed by atoms with Gasteiger partial charge in [-0.1, -0.05) is 91.0 Å². The zero-order valence-corrected chi connectivity index (χ0v) is 20.3. The summed E-state index contributed by atoms with van der Waals surface area (Å²) in [6, 6.07) is 45.9. The van der Waals surface area contributed by atoms with Gasteiger partial charge in [0.15, 0.2) is 0 Å². The molecule has 1 heterocycles. The molecule has 0 aliphatic carbocycles. The van der Waals surface area contributed by atoms with Gasteiger partial charge in [0.25, 0.3) is 5.91 Å². The molecule has 37 heavy (non-hydrogen) atoms. The molecule has 1 aliphatic heterocycles. The zero-order chi connectivity index (χ0) is 25.0. The molecular weight excluding hydrogens is 456 g/mol. The minimum Gasteiger partial charge on any atom is -0.457 e. The molecule has 0 N–H and O–H groups in total. The standard InChI is InChI=1S/C33H26N2O2/c36-33-30-18-10-11-19-31(30)34(24-25-12-4-1-5-13-25)32(35(33)27-14-6-2-7-15-27)26-20-22-29(23-21-26)37-28-16-8-3-9-17-28/h1-23,32H,24H2/t32-/m1/s1. The van der Waals surface area contributed by atoms with Gasteiger partial charge in [0, 0.05) is 12.2 Å². The summed E-state index contributed by atoms with van der Waals surface area (Å²) in [5, 5.41) is 0. The first-order valence-corrected chi connectivity index (χ1v) is 12.4. The second kappa shape index (κ2) is 10.0. The average molecular weight is 483 g/mol. The number of para-hydroxylation sites is 3. The Morgan fingerprint density at radius 3 is 1.86 bits per heavy atom. The molecule has 5 aromatic rings. The molecule has 4 heteroatoms. The van der Waals surface area contributed by atoms with Gasteiger partial charge >= 0.3 is 0 Å². The van der Waals surface area contributed by atoms with Crippen LogP contribution in [0.2, 0.25) is 0 Å². The summed E-state index contributed by atoms with van der Waals surface area (Å²) >= 11 is 0. The number of hydrogen-bond acceptors (Lipinski definition) is 3. The first kappa shape index (κ1) is 22.6. The van der Waals surface area contributed by atoms with Gasteiger partial charge in [-0.25, -0.2) is 0 Å². The first-order valence-electron chi connectivity index (χ1n) is 12.4. The summed E-state index contributed by atoms with van der Waals surface area (Å²) in [4.78, 5) is 18.2. The number of rotatable bonds is 6. The molecule has 0 radical (unpaired) electrons. The Kier molecular flexibility index (Phi) is 6.14. The van der Waals surface area contributed by atoms with Crippen LogP contribution in [0.4, 0.5) is 11.4 Å². The van der Waals surface area contributed by atoms with E-state index in [1.807, 2.05) is 108 Å². The van der Waals surface area contributed by atoms with Gasteiger partial charge < -0.3 is 9.64 Å². The molecule has 0 bridgehead atoms. The fourth-order valence-electron chi connectivity index (χ4n) is 4.88. The summed E-state index contributed by atoms with van der Waals surface area (Å²) in [5.74, 6) is 1.52. The fourth-order valence-corrected chi connectivity index (χ4v) is 4.88. The van der Waals surface area contributed by atoms with Gasteiger partial charge in [-0.05, 0) is 59.7 Å². The Bertz CT molecular complexity index is 1490. The lowest BCUT2D eigenvalue weighted by atomic mass is 9.99. The monoisotopic (exact) mass is 482 g/mol. The van der Waals surface area contributed by atoms with E-state index in [1.165, 1.54) is 5.56 Å². The highest BCUT2D eigenvalue weighted by Crippen LogP contribution is 2.42. The summed E-state index contributed by atoms with van der Waals surface area (Å²) in [6.07, 6.45) is -0.337. The molecular formula is C33H26N2O2. The van der Waals surface area contributed by atoms with E-state index in [4.69, 9.17) is 4.74 Å². The number of hydrogen-bond donors (Lipinski definition) is 0. The first-order chi connectivity index (χ1) is 18.3. The van der Waals surface area contributed by atoms with Crippen molar-refractivity contribution in [3.63, 3.8) is 0 Å². The van der Waals surface area contributed by atoms with Crippen LogP contribution in [0.1, 0.15) is 27.7 Å². The second-order valence-corrected chi connectivity index (χ2v) is 9.00. The summed E-state index contributed by atoms with van der Waals surface area (Å²) in [6.45, 7) is 0.654. The zero-order valence-electron chi connectivity index (χ0n) is 20.3. The van der Waals surface area contributed by atoms with E-state index < -0.39 is 0 Å². The second-order valence-electron chi connectivity index (χ2n) is 9.00. The lowest BCUT2D eigenvalue weighted by Crippen LogP contribution is -2.49.